The van der Waals surface area contributed by atoms with Crippen LogP contribution in [0.25, 0.3) is 0 Å². The second-order valence-electron chi connectivity index (χ2n) is 5.59. The van der Waals surface area contributed by atoms with E-state index in [-0.39, 0.29) is 11.4 Å². The third kappa shape index (κ3) is 4.65. The summed E-state index contributed by atoms with van der Waals surface area (Å²) in [5.74, 6) is 0.0857. The molecule has 0 aromatic rings. The Kier molecular flexibility index (Phi) is 4.14. The molecular weight excluding hydrogens is 188 g/mol. The van der Waals surface area contributed by atoms with Crippen LogP contribution in [0.1, 0.15) is 53.4 Å². The Labute approximate surface area is 93.0 Å². The van der Waals surface area contributed by atoms with E-state index in [9.17, 15) is 4.79 Å². The molecule has 1 rings (SSSR count). The summed E-state index contributed by atoms with van der Waals surface area (Å²) < 4.78 is 0. The van der Waals surface area contributed by atoms with Gasteiger partial charge in [-0.25, -0.2) is 0 Å². The van der Waals surface area contributed by atoms with E-state index < -0.39 is 0 Å². The van der Waals surface area contributed by atoms with Gasteiger partial charge in [0.1, 0.15) is 0 Å². The Morgan fingerprint density at radius 2 is 1.67 bits per heavy atom. The third-order valence-electron chi connectivity index (χ3n) is 2.77. The number of rotatable bonds is 2. The van der Waals surface area contributed by atoms with Crippen LogP contribution in [0, 0.1) is 0 Å². The Bertz CT molecular complexity index is 220. The molecule has 0 radical (unpaired) electrons. The van der Waals surface area contributed by atoms with Crippen LogP contribution in [-0.4, -0.2) is 23.5 Å². The molecule has 1 amide bonds. The minimum Gasteiger partial charge on any atom is -0.352 e. The van der Waals surface area contributed by atoms with Gasteiger partial charge in [0.15, 0.2) is 0 Å². The third-order valence-corrected chi connectivity index (χ3v) is 2.77. The average molecular weight is 212 g/mol. The lowest BCUT2D eigenvalue weighted by atomic mass is 9.88. The average Bonchev–Trinajstić information content (AvgIpc) is 2.05. The van der Waals surface area contributed by atoms with E-state index in [0.29, 0.717) is 12.1 Å². The van der Waals surface area contributed by atoms with Crippen LogP contribution in [0.4, 0.5) is 0 Å². The summed E-state index contributed by atoms with van der Waals surface area (Å²) in [5, 5.41) is 6.65. The summed E-state index contributed by atoms with van der Waals surface area (Å²) in [6.07, 6.45) is 4.77. The van der Waals surface area contributed by atoms with Gasteiger partial charge >= 0.3 is 0 Å². The summed E-state index contributed by atoms with van der Waals surface area (Å²) in [6, 6.07) is 0.748. The van der Waals surface area contributed by atoms with Gasteiger partial charge in [-0.2, -0.15) is 0 Å². The van der Waals surface area contributed by atoms with E-state index in [1.54, 1.807) is 6.92 Å². The van der Waals surface area contributed by atoms with Gasteiger partial charge in [0.05, 0.1) is 0 Å². The first kappa shape index (κ1) is 12.5. The highest BCUT2D eigenvalue weighted by atomic mass is 16.1. The van der Waals surface area contributed by atoms with Crippen LogP contribution in [0.3, 0.4) is 0 Å². The molecule has 1 saturated carbocycles. The molecule has 0 aliphatic heterocycles. The van der Waals surface area contributed by atoms with Crippen LogP contribution in [0.2, 0.25) is 0 Å². The molecule has 0 saturated heterocycles. The fraction of sp³-hybridized carbons (Fsp3) is 0.917. The lowest BCUT2D eigenvalue weighted by molar-refractivity contribution is -0.120. The highest BCUT2D eigenvalue weighted by Gasteiger charge is 2.28. The van der Waals surface area contributed by atoms with Crippen molar-refractivity contribution in [1.29, 1.82) is 0 Å². The zero-order valence-electron chi connectivity index (χ0n) is 10.4. The van der Waals surface area contributed by atoms with E-state index in [1.165, 1.54) is 19.3 Å². The smallest absolute Gasteiger partial charge is 0.217 e. The Hall–Kier alpha value is -0.570. The summed E-state index contributed by atoms with van der Waals surface area (Å²) in [4.78, 5) is 11.1. The second-order valence-corrected chi connectivity index (χ2v) is 5.59. The van der Waals surface area contributed by atoms with Gasteiger partial charge in [0.2, 0.25) is 5.91 Å². The van der Waals surface area contributed by atoms with Crippen molar-refractivity contribution in [3.8, 4) is 0 Å². The molecule has 3 heteroatoms. The maximum Gasteiger partial charge on any atom is 0.217 e. The van der Waals surface area contributed by atoms with Gasteiger partial charge in [-0.05, 0) is 33.6 Å². The molecule has 0 heterocycles. The van der Waals surface area contributed by atoms with Gasteiger partial charge in [-0.3, -0.25) is 4.79 Å². The van der Waals surface area contributed by atoms with Crippen molar-refractivity contribution in [3.63, 3.8) is 0 Å². The predicted molar refractivity (Wildman–Crippen MR) is 62.7 cm³/mol. The number of hydrogen-bond acceptors (Lipinski definition) is 2. The normalized spacial score (nSPS) is 27.5. The van der Waals surface area contributed by atoms with Crippen molar-refractivity contribution in [2.24, 2.45) is 0 Å². The first-order chi connectivity index (χ1) is 6.88. The highest BCUT2D eigenvalue weighted by molar-refractivity contribution is 5.73. The lowest BCUT2D eigenvalue weighted by Crippen LogP contribution is -2.56. The Balaban J connectivity index is 2.53. The first-order valence-electron chi connectivity index (χ1n) is 5.93. The molecule has 2 N–H and O–H groups in total. The minimum absolute atomic E-state index is 0.0857. The molecule has 1 aliphatic rings. The van der Waals surface area contributed by atoms with E-state index in [4.69, 9.17) is 0 Å². The summed E-state index contributed by atoms with van der Waals surface area (Å²) in [5.41, 5.74) is 0.124. The van der Waals surface area contributed by atoms with Gasteiger partial charge in [0, 0.05) is 24.5 Å². The number of amides is 1. The van der Waals surface area contributed by atoms with Crippen molar-refractivity contribution in [3.05, 3.63) is 0 Å². The standard InChI is InChI=1S/C12H24N2O/c1-9(15)13-10-7-5-6-8-11(10)14-12(2,3)4/h10-11,14H,5-8H2,1-4H3,(H,13,15). The Morgan fingerprint density at radius 3 is 2.13 bits per heavy atom. The topological polar surface area (TPSA) is 41.1 Å². The van der Waals surface area contributed by atoms with Gasteiger partial charge in [-0.1, -0.05) is 12.8 Å². The lowest BCUT2D eigenvalue weighted by Gasteiger charge is -2.37. The van der Waals surface area contributed by atoms with Crippen LogP contribution >= 0.6 is 0 Å². The van der Waals surface area contributed by atoms with Crippen molar-refractivity contribution >= 4 is 5.91 Å². The molecule has 0 aromatic carbocycles. The molecule has 1 aliphatic carbocycles. The van der Waals surface area contributed by atoms with E-state index in [1.807, 2.05) is 0 Å². The number of carbonyl (C=O) groups excluding carboxylic acids is 1. The summed E-state index contributed by atoms with van der Waals surface area (Å²) in [6.45, 7) is 8.12. The zero-order chi connectivity index (χ0) is 11.5. The van der Waals surface area contributed by atoms with Gasteiger partial charge < -0.3 is 10.6 Å². The molecule has 15 heavy (non-hydrogen) atoms. The largest absolute Gasteiger partial charge is 0.352 e. The van der Waals surface area contributed by atoms with Crippen LogP contribution in [-0.2, 0) is 4.79 Å². The zero-order valence-corrected chi connectivity index (χ0v) is 10.4. The fourth-order valence-corrected chi connectivity index (χ4v) is 2.29. The molecule has 0 aromatic heterocycles. The molecule has 0 bridgehead atoms. The van der Waals surface area contributed by atoms with Crippen molar-refractivity contribution in [2.75, 3.05) is 0 Å². The number of nitrogens with one attached hydrogen (secondary N) is 2. The molecule has 3 nitrogen and oxygen atoms in total. The Morgan fingerprint density at radius 1 is 1.13 bits per heavy atom. The minimum atomic E-state index is 0.0857. The van der Waals surface area contributed by atoms with Crippen LogP contribution < -0.4 is 10.6 Å². The molecular formula is C12H24N2O. The quantitative estimate of drug-likeness (QED) is 0.733. The van der Waals surface area contributed by atoms with Crippen molar-refractivity contribution in [1.82, 2.24) is 10.6 Å². The van der Waals surface area contributed by atoms with Crippen molar-refractivity contribution < 1.29 is 4.79 Å². The summed E-state index contributed by atoms with van der Waals surface area (Å²) >= 11 is 0. The first-order valence-corrected chi connectivity index (χ1v) is 5.93. The van der Waals surface area contributed by atoms with Gasteiger partial charge in [0.25, 0.3) is 0 Å². The highest BCUT2D eigenvalue weighted by Crippen LogP contribution is 2.20. The van der Waals surface area contributed by atoms with E-state index >= 15 is 0 Å². The maximum atomic E-state index is 11.1. The van der Waals surface area contributed by atoms with Crippen LogP contribution in [0.5, 0.6) is 0 Å². The number of hydrogen-bond donors (Lipinski definition) is 2. The molecule has 2 atom stereocenters. The maximum absolute atomic E-state index is 11.1. The molecule has 0 spiro atoms. The second kappa shape index (κ2) is 4.97. The van der Waals surface area contributed by atoms with E-state index in [0.717, 1.165) is 6.42 Å². The monoisotopic (exact) mass is 212 g/mol. The fourth-order valence-electron chi connectivity index (χ4n) is 2.29. The van der Waals surface area contributed by atoms with Crippen LogP contribution in [0.15, 0.2) is 0 Å². The van der Waals surface area contributed by atoms with E-state index in [2.05, 4.69) is 31.4 Å². The van der Waals surface area contributed by atoms with Crippen molar-refractivity contribution in [2.45, 2.75) is 71.0 Å². The summed E-state index contributed by atoms with van der Waals surface area (Å²) in [7, 11) is 0. The molecule has 2 unspecified atom stereocenters. The van der Waals surface area contributed by atoms with Gasteiger partial charge in [-0.15, -0.1) is 0 Å². The SMILES string of the molecule is CC(=O)NC1CCCCC1NC(C)(C)C. The number of carbonyl (C=O) groups is 1. The molecule has 1 fully saturated rings. The molecule has 88 valence electrons. The predicted octanol–water partition coefficient (Wildman–Crippen LogP) is 1.82.